The minimum atomic E-state index is -1.32. The van der Waals surface area contributed by atoms with E-state index in [0.717, 1.165) is 43.1 Å². The lowest BCUT2D eigenvalue weighted by Crippen LogP contribution is -2.43. The second-order valence-electron chi connectivity index (χ2n) is 7.57. The molecule has 29 heavy (non-hydrogen) atoms. The summed E-state index contributed by atoms with van der Waals surface area (Å²) in [6.07, 6.45) is 6.24. The maximum atomic E-state index is 13.0. The first-order valence-electron chi connectivity index (χ1n) is 9.82. The van der Waals surface area contributed by atoms with Crippen LogP contribution in [0.2, 0.25) is 0 Å². The van der Waals surface area contributed by atoms with E-state index in [1.54, 1.807) is 0 Å². The lowest BCUT2D eigenvalue weighted by molar-refractivity contribution is -0.135. The Kier molecular flexibility index (Phi) is 6.09. The minimum absolute atomic E-state index is 0.109. The van der Waals surface area contributed by atoms with Gasteiger partial charge in [0.25, 0.3) is 17.4 Å². The number of carbonyl (C=O) groups is 3. The number of aromatic nitrogens is 1. The number of rotatable bonds is 6. The highest BCUT2D eigenvalue weighted by Gasteiger charge is 2.33. The van der Waals surface area contributed by atoms with Crippen LogP contribution in [0, 0.1) is 0 Å². The fourth-order valence-corrected chi connectivity index (χ4v) is 3.82. The van der Waals surface area contributed by atoms with Gasteiger partial charge in [-0.1, -0.05) is 19.3 Å². The molecule has 3 rings (SSSR count). The standard InChI is InChI=1S/C19H25N3O7/c23-12(24)9-20-16(26)13-15(25)14(17(27)21-10-5-4-6-10)19(29)22(18(13)28)11-7-2-1-3-8-11/h10-11,25,28H,1-9H2,(H,20,26)(H,21,27)(H,23,24). The van der Waals surface area contributed by atoms with E-state index in [1.807, 2.05) is 0 Å². The third-order valence-electron chi connectivity index (χ3n) is 5.59. The van der Waals surface area contributed by atoms with Gasteiger partial charge in [-0.05, 0) is 32.1 Å². The highest BCUT2D eigenvalue weighted by atomic mass is 16.4. The lowest BCUT2D eigenvalue weighted by atomic mass is 9.92. The number of hydrogen-bond acceptors (Lipinski definition) is 6. The summed E-state index contributed by atoms with van der Waals surface area (Å²) < 4.78 is 0.990. The van der Waals surface area contributed by atoms with Gasteiger partial charge in [-0.3, -0.25) is 23.7 Å². The molecule has 0 atom stereocenters. The number of nitrogens with zero attached hydrogens (tertiary/aromatic N) is 1. The molecule has 0 bridgehead atoms. The fraction of sp³-hybridized carbons (Fsp3) is 0.579. The molecule has 0 radical (unpaired) electrons. The number of carboxylic acid groups (broad SMARTS) is 1. The summed E-state index contributed by atoms with van der Waals surface area (Å²) in [5.41, 5.74) is -2.14. The molecule has 10 nitrogen and oxygen atoms in total. The van der Waals surface area contributed by atoms with E-state index in [9.17, 15) is 29.4 Å². The van der Waals surface area contributed by atoms with E-state index in [1.165, 1.54) is 0 Å². The average Bonchev–Trinajstić information content (AvgIpc) is 2.64. The molecule has 0 aliphatic heterocycles. The molecule has 2 aliphatic rings. The number of nitrogens with one attached hydrogen (secondary N) is 2. The van der Waals surface area contributed by atoms with Crippen LogP contribution in [0.1, 0.15) is 78.1 Å². The van der Waals surface area contributed by atoms with Gasteiger partial charge in [0.15, 0.2) is 5.75 Å². The highest BCUT2D eigenvalue weighted by molar-refractivity contribution is 6.05. The normalized spacial score (nSPS) is 17.4. The Hall–Kier alpha value is -3.04. The Morgan fingerprint density at radius 1 is 0.931 bits per heavy atom. The summed E-state index contributed by atoms with van der Waals surface area (Å²) in [6, 6.07) is -0.527. The topological polar surface area (TPSA) is 158 Å². The van der Waals surface area contributed by atoms with Crippen LogP contribution in [0.15, 0.2) is 4.79 Å². The van der Waals surface area contributed by atoms with Crippen LogP contribution in [-0.2, 0) is 4.79 Å². The Labute approximate surface area is 166 Å². The van der Waals surface area contributed by atoms with Gasteiger partial charge in [-0.2, -0.15) is 0 Å². The Balaban J connectivity index is 2.09. The maximum absolute atomic E-state index is 13.0. The Morgan fingerprint density at radius 2 is 1.59 bits per heavy atom. The summed E-state index contributed by atoms with van der Waals surface area (Å²) in [7, 11) is 0. The molecule has 2 fully saturated rings. The van der Waals surface area contributed by atoms with Crippen molar-refractivity contribution in [3.05, 3.63) is 21.5 Å². The van der Waals surface area contributed by atoms with Crippen LogP contribution in [0.3, 0.4) is 0 Å². The van der Waals surface area contributed by atoms with Crippen molar-refractivity contribution < 1.29 is 29.7 Å². The quantitative estimate of drug-likeness (QED) is 0.468. The Morgan fingerprint density at radius 3 is 2.14 bits per heavy atom. The molecular weight excluding hydrogens is 382 g/mol. The zero-order chi connectivity index (χ0) is 21.1. The molecule has 1 aromatic heterocycles. The second kappa shape index (κ2) is 8.54. The van der Waals surface area contributed by atoms with Crippen molar-refractivity contribution in [3.8, 4) is 11.6 Å². The molecule has 0 saturated heterocycles. The van der Waals surface area contributed by atoms with Gasteiger partial charge in [0.2, 0.25) is 5.88 Å². The van der Waals surface area contributed by atoms with Gasteiger partial charge in [0.1, 0.15) is 17.7 Å². The van der Waals surface area contributed by atoms with Crippen molar-refractivity contribution in [1.29, 1.82) is 0 Å². The SMILES string of the molecule is O=C(O)CNC(=O)c1c(O)c(C(=O)NC2CCC2)c(=O)n(C2CCCCC2)c1O. The highest BCUT2D eigenvalue weighted by Crippen LogP contribution is 2.35. The van der Waals surface area contributed by atoms with E-state index in [-0.39, 0.29) is 6.04 Å². The zero-order valence-corrected chi connectivity index (χ0v) is 15.9. The van der Waals surface area contributed by atoms with Crippen LogP contribution < -0.4 is 16.2 Å². The van der Waals surface area contributed by atoms with Crippen LogP contribution in [0.5, 0.6) is 11.6 Å². The average molecular weight is 407 g/mol. The molecule has 2 aliphatic carbocycles. The number of hydrogen-bond donors (Lipinski definition) is 5. The number of carboxylic acids is 1. The largest absolute Gasteiger partial charge is 0.506 e. The van der Waals surface area contributed by atoms with Crippen molar-refractivity contribution in [1.82, 2.24) is 15.2 Å². The number of amides is 2. The third-order valence-corrected chi connectivity index (χ3v) is 5.59. The molecule has 5 N–H and O–H groups in total. The lowest BCUT2D eigenvalue weighted by Gasteiger charge is -2.28. The molecule has 158 valence electrons. The van der Waals surface area contributed by atoms with E-state index in [4.69, 9.17) is 5.11 Å². The van der Waals surface area contributed by atoms with E-state index in [2.05, 4.69) is 10.6 Å². The van der Waals surface area contributed by atoms with Gasteiger partial charge in [-0.25, -0.2) is 0 Å². The number of carbonyl (C=O) groups excluding carboxylic acids is 2. The molecule has 1 heterocycles. The first-order valence-corrected chi connectivity index (χ1v) is 9.82. The Bertz CT molecular complexity index is 883. The number of aromatic hydroxyl groups is 2. The summed E-state index contributed by atoms with van der Waals surface area (Å²) in [4.78, 5) is 48.9. The van der Waals surface area contributed by atoms with E-state index >= 15 is 0 Å². The summed E-state index contributed by atoms with van der Waals surface area (Å²) in [5.74, 6) is -4.92. The van der Waals surface area contributed by atoms with Crippen molar-refractivity contribution in [3.63, 3.8) is 0 Å². The zero-order valence-electron chi connectivity index (χ0n) is 15.9. The smallest absolute Gasteiger partial charge is 0.322 e. The molecule has 0 aromatic carbocycles. The molecule has 0 spiro atoms. The van der Waals surface area contributed by atoms with Gasteiger partial charge in [0.05, 0.1) is 0 Å². The molecular formula is C19H25N3O7. The molecule has 2 saturated carbocycles. The number of pyridine rings is 1. The monoisotopic (exact) mass is 407 g/mol. The van der Waals surface area contributed by atoms with Crippen LogP contribution in [-0.4, -0.2) is 50.3 Å². The molecule has 0 unspecified atom stereocenters. The summed E-state index contributed by atoms with van der Waals surface area (Å²) >= 11 is 0. The van der Waals surface area contributed by atoms with Crippen molar-refractivity contribution in [2.75, 3.05) is 6.54 Å². The second-order valence-corrected chi connectivity index (χ2v) is 7.57. The number of aliphatic carboxylic acids is 1. The van der Waals surface area contributed by atoms with Gasteiger partial charge in [0, 0.05) is 12.1 Å². The van der Waals surface area contributed by atoms with Crippen molar-refractivity contribution >= 4 is 17.8 Å². The predicted molar refractivity (Wildman–Crippen MR) is 101 cm³/mol. The summed E-state index contributed by atoms with van der Waals surface area (Å²) in [6.45, 7) is -0.746. The van der Waals surface area contributed by atoms with Crippen LogP contribution in [0.4, 0.5) is 0 Å². The molecule has 2 amide bonds. The van der Waals surface area contributed by atoms with Crippen LogP contribution in [0.25, 0.3) is 0 Å². The summed E-state index contributed by atoms with van der Waals surface area (Å²) in [5, 5.41) is 34.7. The fourth-order valence-electron chi connectivity index (χ4n) is 3.82. The van der Waals surface area contributed by atoms with Crippen molar-refractivity contribution in [2.24, 2.45) is 0 Å². The van der Waals surface area contributed by atoms with E-state index in [0.29, 0.717) is 12.8 Å². The third kappa shape index (κ3) is 4.20. The van der Waals surface area contributed by atoms with Gasteiger partial charge >= 0.3 is 5.97 Å². The maximum Gasteiger partial charge on any atom is 0.322 e. The predicted octanol–water partition coefficient (Wildman–Crippen LogP) is 0.861. The minimum Gasteiger partial charge on any atom is -0.506 e. The van der Waals surface area contributed by atoms with Crippen molar-refractivity contribution in [2.45, 2.75) is 63.5 Å². The van der Waals surface area contributed by atoms with E-state index < -0.39 is 58.7 Å². The van der Waals surface area contributed by atoms with Crippen LogP contribution >= 0.6 is 0 Å². The molecule has 1 aromatic rings. The molecule has 10 heteroatoms. The first-order chi connectivity index (χ1) is 13.8. The first kappa shape index (κ1) is 20.7. The van der Waals surface area contributed by atoms with Gasteiger partial charge in [-0.15, -0.1) is 0 Å². The van der Waals surface area contributed by atoms with Gasteiger partial charge < -0.3 is 26.0 Å².